The first-order valence-corrected chi connectivity index (χ1v) is 11.8. The van der Waals surface area contributed by atoms with Crippen LogP contribution in [0.25, 0.3) is 0 Å². The molecule has 0 unspecified atom stereocenters. The number of benzene rings is 3. The highest BCUT2D eigenvalue weighted by molar-refractivity contribution is 7.91. The lowest BCUT2D eigenvalue weighted by Gasteiger charge is -2.16. The second kappa shape index (κ2) is 8.85. The zero-order chi connectivity index (χ0) is 22.7. The Morgan fingerprint density at radius 2 is 1.44 bits per heavy atom. The molecule has 0 bridgehead atoms. The molecule has 0 fully saturated rings. The second-order valence-corrected chi connectivity index (χ2v) is 9.53. The van der Waals surface area contributed by atoms with Crippen molar-refractivity contribution < 1.29 is 13.2 Å². The van der Waals surface area contributed by atoms with Gasteiger partial charge in [0.15, 0.2) is 0 Å². The van der Waals surface area contributed by atoms with E-state index in [0.717, 1.165) is 17.5 Å². The van der Waals surface area contributed by atoms with Crippen molar-refractivity contribution in [2.24, 2.45) is 0 Å². The number of carbonyl (C=O) groups excluding carboxylic acids is 1. The summed E-state index contributed by atoms with van der Waals surface area (Å²) < 4.78 is 29.4. The minimum absolute atomic E-state index is 0.249. The van der Waals surface area contributed by atoms with Crippen LogP contribution in [0.2, 0.25) is 0 Å². The van der Waals surface area contributed by atoms with Gasteiger partial charge in [0.2, 0.25) is 9.84 Å². The van der Waals surface area contributed by atoms with E-state index in [2.05, 4.69) is 5.32 Å². The highest BCUT2D eigenvalue weighted by atomic mass is 32.2. The number of nitrogens with one attached hydrogen (secondary N) is 1. The van der Waals surface area contributed by atoms with E-state index in [0.29, 0.717) is 29.2 Å². The summed E-state index contributed by atoms with van der Waals surface area (Å²) in [5.41, 5.74) is 3.90. The minimum atomic E-state index is -3.77. The van der Waals surface area contributed by atoms with Gasteiger partial charge in [-0.1, -0.05) is 48.5 Å². The molecule has 6 heteroatoms. The predicted octanol–water partition coefficient (Wildman–Crippen LogP) is 5.54. The second-order valence-electron chi connectivity index (χ2n) is 7.64. The first kappa shape index (κ1) is 21.6. The van der Waals surface area contributed by atoms with Crippen LogP contribution in [0.15, 0.2) is 94.7 Å². The molecule has 5 nitrogen and oxygen atoms in total. The van der Waals surface area contributed by atoms with E-state index < -0.39 is 9.84 Å². The average molecular weight is 445 g/mol. The topological polar surface area (TPSA) is 68.2 Å². The van der Waals surface area contributed by atoms with Gasteiger partial charge in [0.1, 0.15) is 17.0 Å². The van der Waals surface area contributed by atoms with Gasteiger partial charge in [0, 0.05) is 23.5 Å². The largest absolute Gasteiger partial charge is 0.341 e. The monoisotopic (exact) mass is 444 g/mol. The number of hydrogen-bond acceptors (Lipinski definition) is 4. The number of nitrogens with zero attached hydrogens (tertiary/aromatic N) is 1. The van der Waals surface area contributed by atoms with Gasteiger partial charge in [-0.15, -0.1) is 0 Å². The van der Waals surface area contributed by atoms with Crippen molar-refractivity contribution in [2.45, 2.75) is 30.2 Å². The predicted molar refractivity (Wildman–Crippen MR) is 126 cm³/mol. The van der Waals surface area contributed by atoms with Crippen LogP contribution in [-0.4, -0.2) is 19.3 Å². The highest BCUT2D eigenvalue weighted by Crippen LogP contribution is 2.37. The van der Waals surface area contributed by atoms with Gasteiger partial charge in [-0.2, -0.15) is 0 Å². The molecule has 0 atom stereocenters. The summed E-state index contributed by atoms with van der Waals surface area (Å²) in [6.07, 6.45) is 0.779. The van der Waals surface area contributed by atoms with E-state index in [1.807, 2.05) is 48.7 Å². The fourth-order valence-corrected chi connectivity index (χ4v) is 5.47. The highest BCUT2D eigenvalue weighted by Gasteiger charge is 2.29. The van der Waals surface area contributed by atoms with Gasteiger partial charge < -0.3 is 9.88 Å². The molecule has 0 radical (unpaired) electrons. The molecular formula is C26H24N2O3S. The number of anilines is 2. The lowest BCUT2D eigenvalue weighted by Crippen LogP contribution is -2.10. The zero-order valence-electron chi connectivity index (χ0n) is 17.9. The molecule has 1 N–H and O–H groups in total. The lowest BCUT2D eigenvalue weighted by molar-refractivity contribution is 0.112. The molecule has 0 saturated heterocycles. The van der Waals surface area contributed by atoms with Crippen molar-refractivity contribution in [3.05, 3.63) is 107 Å². The summed E-state index contributed by atoms with van der Waals surface area (Å²) in [6.45, 7) is 4.29. The summed E-state index contributed by atoms with van der Waals surface area (Å²) in [5, 5.41) is 3.32. The van der Waals surface area contributed by atoms with Gasteiger partial charge in [0.25, 0.3) is 0 Å². The summed E-state index contributed by atoms with van der Waals surface area (Å²) in [5.74, 6) is 0.506. The molecule has 0 aliphatic carbocycles. The van der Waals surface area contributed by atoms with Crippen molar-refractivity contribution in [1.82, 2.24) is 4.57 Å². The standard InChI is InChI=1S/C26H24N2O3S/c1-19-20(2)28(17-21-9-5-3-6-10-21)26(27-23-15-13-22(18-29)14-16-23)25(19)32(30,31)24-11-7-4-8-12-24/h3-16,18,27H,17H2,1-2H3. The van der Waals surface area contributed by atoms with Crippen molar-refractivity contribution >= 4 is 27.6 Å². The van der Waals surface area contributed by atoms with Crippen molar-refractivity contribution in [3.63, 3.8) is 0 Å². The molecule has 0 saturated carbocycles. The van der Waals surface area contributed by atoms with Gasteiger partial charge in [-0.25, -0.2) is 8.42 Å². The smallest absolute Gasteiger partial charge is 0.210 e. The maximum Gasteiger partial charge on any atom is 0.210 e. The van der Waals surface area contributed by atoms with Crippen LogP contribution >= 0.6 is 0 Å². The third-order valence-electron chi connectivity index (χ3n) is 5.59. The molecule has 0 spiro atoms. The molecule has 0 amide bonds. The van der Waals surface area contributed by atoms with Crippen LogP contribution in [0, 0.1) is 13.8 Å². The quantitative estimate of drug-likeness (QED) is 0.380. The Bertz CT molecular complexity index is 1340. The van der Waals surface area contributed by atoms with Crippen LogP contribution in [-0.2, 0) is 16.4 Å². The molecule has 4 aromatic rings. The summed E-state index contributed by atoms with van der Waals surface area (Å²) in [4.78, 5) is 11.5. The van der Waals surface area contributed by atoms with E-state index in [1.165, 1.54) is 0 Å². The Balaban J connectivity index is 1.90. The van der Waals surface area contributed by atoms with Crippen LogP contribution < -0.4 is 5.32 Å². The molecule has 3 aromatic carbocycles. The van der Waals surface area contributed by atoms with E-state index in [9.17, 15) is 13.2 Å². The van der Waals surface area contributed by atoms with Crippen LogP contribution in [0.1, 0.15) is 27.2 Å². The molecule has 0 aliphatic heterocycles. The SMILES string of the molecule is Cc1c(S(=O)(=O)c2ccccc2)c(Nc2ccc(C=O)cc2)n(Cc2ccccc2)c1C. The summed E-state index contributed by atoms with van der Waals surface area (Å²) >= 11 is 0. The fourth-order valence-electron chi connectivity index (χ4n) is 3.75. The Hall–Kier alpha value is -3.64. The Kier molecular flexibility index (Phi) is 5.97. The molecule has 1 aromatic heterocycles. The number of aromatic nitrogens is 1. The summed E-state index contributed by atoms with van der Waals surface area (Å²) in [7, 11) is -3.77. The Morgan fingerprint density at radius 3 is 2.03 bits per heavy atom. The maximum absolute atomic E-state index is 13.7. The zero-order valence-corrected chi connectivity index (χ0v) is 18.8. The maximum atomic E-state index is 13.7. The van der Waals surface area contributed by atoms with E-state index in [-0.39, 0.29) is 9.79 Å². The van der Waals surface area contributed by atoms with Gasteiger partial charge in [-0.05, 0) is 61.4 Å². The Morgan fingerprint density at radius 1 is 0.844 bits per heavy atom. The molecule has 1 heterocycles. The molecule has 32 heavy (non-hydrogen) atoms. The minimum Gasteiger partial charge on any atom is -0.341 e. The first-order valence-electron chi connectivity index (χ1n) is 10.3. The van der Waals surface area contributed by atoms with Crippen molar-refractivity contribution in [1.29, 1.82) is 0 Å². The van der Waals surface area contributed by atoms with Crippen LogP contribution in [0.4, 0.5) is 11.5 Å². The molecule has 0 aliphatic rings. The number of rotatable bonds is 7. The number of aldehydes is 1. The number of carbonyl (C=O) groups is 1. The van der Waals surface area contributed by atoms with E-state index in [4.69, 9.17) is 0 Å². The van der Waals surface area contributed by atoms with E-state index >= 15 is 0 Å². The molecule has 4 rings (SSSR count). The Labute approximate surface area is 188 Å². The third kappa shape index (κ3) is 4.09. The van der Waals surface area contributed by atoms with Crippen molar-refractivity contribution in [3.8, 4) is 0 Å². The number of sulfone groups is 1. The van der Waals surface area contributed by atoms with Gasteiger partial charge >= 0.3 is 0 Å². The number of hydrogen-bond donors (Lipinski definition) is 1. The average Bonchev–Trinajstić information content (AvgIpc) is 3.05. The van der Waals surface area contributed by atoms with Gasteiger partial charge in [0.05, 0.1) is 4.90 Å². The first-order chi connectivity index (χ1) is 15.4. The van der Waals surface area contributed by atoms with Gasteiger partial charge in [-0.3, -0.25) is 4.79 Å². The van der Waals surface area contributed by atoms with E-state index in [1.54, 1.807) is 54.6 Å². The van der Waals surface area contributed by atoms with Crippen molar-refractivity contribution in [2.75, 3.05) is 5.32 Å². The van der Waals surface area contributed by atoms with Crippen LogP contribution in [0.3, 0.4) is 0 Å². The fraction of sp³-hybridized carbons (Fsp3) is 0.115. The molecular weight excluding hydrogens is 420 g/mol. The third-order valence-corrected chi connectivity index (χ3v) is 7.52. The normalized spacial score (nSPS) is 11.3. The van der Waals surface area contributed by atoms with Crippen LogP contribution in [0.5, 0.6) is 0 Å². The molecule has 162 valence electrons. The lowest BCUT2D eigenvalue weighted by atomic mass is 10.2. The summed E-state index contributed by atoms with van der Waals surface area (Å²) in [6, 6.07) is 25.3.